The second-order valence-electron chi connectivity index (χ2n) is 4.87. The van der Waals surface area contributed by atoms with Crippen molar-refractivity contribution in [2.24, 2.45) is 0 Å². The number of rotatable bonds is 4. The van der Waals surface area contributed by atoms with Crippen LogP contribution in [0.1, 0.15) is 40.0 Å². The van der Waals surface area contributed by atoms with Gasteiger partial charge in [-0.2, -0.15) is 9.57 Å². The molecular formula is C10H18N2O2S. The van der Waals surface area contributed by atoms with Crippen molar-refractivity contribution < 1.29 is 8.42 Å². The second kappa shape index (κ2) is 4.11. The van der Waals surface area contributed by atoms with E-state index in [1.807, 2.05) is 6.07 Å². The summed E-state index contributed by atoms with van der Waals surface area (Å²) in [6.07, 6.45) is 2.13. The number of sulfonamides is 1. The van der Waals surface area contributed by atoms with E-state index in [9.17, 15) is 8.42 Å². The molecule has 0 aromatic carbocycles. The maximum absolute atomic E-state index is 12.2. The summed E-state index contributed by atoms with van der Waals surface area (Å²) in [6, 6.07) is 2.14. The normalized spacial score (nSPS) is 17.8. The van der Waals surface area contributed by atoms with E-state index in [-0.39, 0.29) is 12.5 Å². The molecule has 1 rings (SSSR count). The highest BCUT2D eigenvalue weighted by Crippen LogP contribution is 2.33. The third-order valence-electron chi connectivity index (χ3n) is 2.48. The van der Waals surface area contributed by atoms with Gasteiger partial charge in [-0.15, -0.1) is 0 Å². The van der Waals surface area contributed by atoms with Crippen LogP contribution in [0.2, 0.25) is 0 Å². The van der Waals surface area contributed by atoms with Crippen LogP contribution in [0.3, 0.4) is 0 Å². The number of hydrogen-bond acceptors (Lipinski definition) is 3. The molecule has 1 aliphatic rings. The molecule has 0 heterocycles. The van der Waals surface area contributed by atoms with Crippen molar-refractivity contribution in [3.05, 3.63) is 0 Å². The van der Waals surface area contributed by atoms with Crippen LogP contribution in [0.4, 0.5) is 0 Å². The Balaban J connectivity index is 2.85. The second-order valence-corrected chi connectivity index (χ2v) is 7.51. The van der Waals surface area contributed by atoms with E-state index in [0.29, 0.717) is 6.54 Å². The minimum atomic E-state index is -3.27. The van der Waals surface area contributed by atoms with Crippen molar-refractivity contribution in [3.63, 3.8) is 0 Å². The van der Waals surface area contributed by atoms with Gasteiger partial charge in [0.1, 0.15) is 0 Å². The fourth-order valence-electron chi connectivity index (χ4n) is 1.37. The molecule has 0 spiro atoms. The highest BCUT2D eigenvalue weighted by atomic mass is 32.2. The lowest BCUT2D eigenvalue weighted by Crippen LogP contribution is -2.44. The molecule has 0 unspecified atom stereocenters. The van der Waals surface area contributed by atoms with Crippen molar-refractivity contribution in [1.82, 2.24) is 4.31 Å². The van der Waals surface area contributed by atoms with Gasteiger partial charge in [0.15, 0.2) is 0 Å². The Bertz CT molecular complexity index is 358. The maximum Gasteiger partial charge on any atom is 0.219 e. The first-order valence-corrected chi connectivity index (χ1v) is 6.63. The molecule has 0 aromatic rings. The average molecular weight is 230 g/mol. The molecule has 1 saturated carbocycles. The van der Waals surface area contributed by atoms with Gasteiger partial charge in [-0.25, -0.2) is 8.42 Å². The Morgan fingerprint density at radius 2 is 1.93 bits per heavy atom. The lowest BCUT2D eigenvalue weighted by molar-refractivity contribution is 0.393. The SMILES string of the molecule is CC(C)(C)S(=O)(=O)N(CCC#N)C1CC1. The van der Waals surface area contributed by atoms with Gasteiger partial charge < -0.3 is 0 Å². The highest BCUT2D eigenvalue weighted by Gasteiger charge is 2.42. The van der Waals surface area contributed by atoms with Gasteiger partial charge in [-0.3, -0.25) is 0 Å². The molecule has 0 amide bonds. The topological polar surface area (TPSA) is 61.2 Å². The van der Waals surface area contributed by atoms with Crippen LogP contribution in [0.25, 0.3) is 0 Å². The third-order valence-corrected chi connectivity index (χ3v) is 5.13. The van der Waals surface area contributed by atoms with Gasteiger partial charge in [0.25, 0.3) is 0 Å². The predicted octanol–water partition coefficient (Wildman–Crippen LogP) is 1.49. The molecule has 0 atom stereocenters. The van der Waals surface area contributed by atoms with E-state index in [4.69, 9.17) is 5.26 Å². The minimum Gasteiger partial charge on any atom is -0.212 e. The third kappa shape index (κ3) is 2.70. The average Bonchev–Trinajstić information content (AvgIpc) is 2.86. The summed E-state index contributed by atoms with van der Waals surface area (Å²) in [6.45, 7) is 5.43. The summed E-state index contributed by atoms with van der Waals surface area (Å²) in [5, 5.41) is 8.51. The van der Waals surface area contributed by atoms with Gasteiger partial charge in [-0.1, -0.05) is 0 Å². The van der Waals surface area contributed by atoms with Gasteiger partial charge >= 0.3 is 0 Å². The first-order chi connectivity index (χ1) is 6.80. The van der Waals surface area contributed by atoms with Gasteiger partial charge in [0, 0.05) is 19.0 Å². The standard InChI is InChI=1S/C10H18N2O2S/c1-10(2,3)15(13,14)12(8-4-7-11)9-5-6-9/h9H,4-6,8H2,1-3H3. The number of nitrogens with zero attached hydrogens (tertiary/aromatic N) is 2. The molecule has 4 nitrogen and oxygen atoms in total. The van der Waals surface area contributed by atoms with Crippen LogP contribution in [0, 0.1) is 11.3 Å². The highest BCUT2D eigenvalue weighted by molar-refractivity contribution is 7.90. The van der Waals surface area contributed by atoms with E-state index < -0.39 is 14.8 Å². The Hall–Kier alpha value is -0.600. The molecular weight excluding hydrogens is 212 g/mol. The first-order valence-electron chi connectivity index (χ1n) is 5.19. The van der Waals surface area contributed by atoms with E-state index in [0.717, 1.165) is 12.8 Å². The molecule has 0 aliphatic heterocycles. The summed E-state index contributed by atoms with van der Waals surface area (Å²) in [5.74, 6) is 0. The number of hydrogen-bond donors (Lipinski definition) is 0. The Labute approximate surface area is 91.9 Å². The van der Waals surface area contributed by atoms with Gasteiger partial charge in [0.05, 0.1) is 10.8 Å². The molecule has 0 aromatic heterocycles. The Kier molecular flexibility index (Phi) is 3.41. The lowest BCUT2D eigenvalue weighted by atomic mass is 10.3. The summed E-state index contributed by atoms with van der Waals surface area (Å²) >= 11 is 0. The van der Waals surface area contributed by atoms with E-state index >= 15 is 0 Å². The Morgan fingerprint density at radius 1 is 1.40 bits per heavy atom. The monoisotopic (exact) mass is 230 g/mol. The van der Waals surface area contributed by atoms with Crippen molar-refractivity contribution in [2.75, 3.05) is 6.54 Å². The Morgan fingerprint density at radius 3 is 2.27 bits per heavy atom. The number of nitriles is 1. The molecule has 0 radical (unpaired) electrons. The minimum absolute atomic E-state index is 0.141. The molecule has 0 bridgehead atoms. The van der Waals surface area contributed by atoms with E-state index in [1.165, 1.54) is 4.31 Å². The summed E-state index contributed by atoms with van der Waals surface area (Å²) < 4.78 is 25.0. The molecule has 5 heteroatoms. The zero-order chi connectivity index (χ0) is 11.7. The largest absolute Gasteiger partial charge is 0.219 e. The fourth-order valence-corrected chi connectivity index (χ4v) is 3.01. The zero-order valence-electron chi connectivity index (χ0n) is 9.52. The predicted molar refractivity (Wildman–Crippen MR) is 58.6 cm³/mol. The van der Waals surface area contributed by atoms with Crippen LogP contribution in [0.5, 0.6) is 0 Å². The lowest BCUT2D eigenvalue weighted by Gasteiger charge is -2.29. The van der Waals surface area contributed by atoms with Crippen LogP contribution in [-0.2, 0) is 10.0 Å². The smallest absolute Gasteiger partial charge is 0.212 e. The van der Waals surface area contributed by atoms with E-state index in [2.05, 4.69) is 0 Å². The maximum atomic E-state index is 12.2. The van der Waals surface area contributed by atoms with Crippen molar-refractivity contribution in [3.8, 4) is 6.07 Å². The van der Waals surface area contributed by atoms with Crippen LogP contribution >= 0.6 is 0 Å². The van der Waals surface area contributed by atoms with Crippen molar-refractivity contribution >= 4 is 10.0 Å². The summed E-state index contributed by atoms with van der Waals surface area (Å²) in [4.78, 5) is 0. The van der Waals surface area contributed by atoms with Crippen LogP contribution < -0.4 is 0 Å². The van der Waals surface area contributed by atoms with E-state index in [1.54, 1.807) is 20.8 Å². The molecule has 1 fully saturated rings. The van der Waals surface area contributed by atoms with Gasteiger partial charge in [0.2, 0.25) is 10.0 Å². The first kappa shape index (κ1) is 12.5. The summed E-state index contributed by atoms with van der Waals surface area (Å²) in [7, 11) is -3.27. The van der Waals surface area contributed by atoms with Crippen LogP contribution in [-0.4, -0.2) is 30.1 Å². The quantitative estimate of drug-likeness (QED) is 0.735. The fraction of sp³-hybridized carbons (Fsp3) is 0.900. The van der Waals surface area contributed by atoms with Crippen molar-refractivity contribution in [2.45, 2.75) is 50.8 Å². The van der Waals surface area contributed by atoms with Crippen LogP contribution in [0.15, 0.2) is 0 Å². The molecule has 86 valence electrons. The molecule has 0 saturated heterocycles. The molecule has 0 N–H and O–H groups in total. The van der Waals surface area contributed by atoms with Crippen molar-refractivity contribution in [1.29, 1.82) is 5.26 Å². The summed E-state index contributed by atoms with van der Waals surface area (Å²) in [5.41, 5.74) is 0. The molecule has 1 aliphatic carbocycles. The zero-order valence-corrected chi connectivity index (χ0v) is 10.3. The molecule has 15 heavy (non-hydrogen) atoms. The van der Waals surface area contributed by atoms with Gasteiger partial charge in [-0.05, 0) is 33.6 Å².